The fourth-order valence-corrected chi connectivity index (χ4v) is 4.20. The van der Waals surface area contributed by atoms with E-state index < -0.39 is 29.0 Å². The molecule has 0 aliphatic heterocycles. The molecule has 0 saturated carbocycles. The molecule has 0 spiro atoms. The van der Waals surface area contributed by atoms with E-state index in [0.717, 1.165) is 0 Å². The Morgan fingerprint density at radius 1 is 1.04 bits per heavy atom. The Balaban J connectivity index is 1.99. The number of hydrogen-bond donors (Lipinski definition) is 4. The first kappa shape index (κ1) is 18.5. The zero-order valence-electron chi connectivity index (χ0n) is 15.4. The number of ketones is 2. The molecule has 146 valence electrons. The van der Waals surface area contributed by atoms with Crippen LogP contribution >= 0.6 is 0 Å². The van der Waals surface area contributed by atoms with Crippen molar-refractivity contribution >= 4 is 11.6 Å². The molecular weight excluding hydrogens is 364 g/mol. The molecule has 28 heavy (non-hydrogen) atoms. The zero-order chi connectivity index (χ0) is 20.4. The summed E-state index contributed by atoms with van der Waals surface area (Å²) in [5.41, 5.74) is -1.41. The predicted molar refractivity (Wildman–Crippen MR) is 98.3 cm³/mol. The van der Waals surface area contributed by atoms with E-state index in [-0.39, 0.29) is 58.6 Å². The summed E-state index contributed by atoms with van der Waals surface area (Å²) >= 11 is 0. The first-order valence-corrected chi connectivity index (χ1v) is 8.97. The minimum atomic E-state index is -1.49. The van der Waals surface area contributed by atoms with Gasteiger partial charge >= 0.3 is 0 Å². The number of methoxy groups -OCH3 is 1. The third kappa shape index (κ3) is 2.30. The van der Waals surface area contributed by atoms with E-state index >= 15 is 0 Å². The lowest BCUT2D eigenvalue weighted by Crippen LogP contribution is -2.45. The average molecular weight is 384 g/mol. The van der Waals surface area contributed by atoms with Crippen molar-refractivity contribution in [3.05, 3.63) is 51.6 Å². The number of phenols is 2. The van der Waals surface area contributed by atoms with Crippen molar-refractivity contribution < 1.29 is 34.8 Å². The molecule has 0 heterocycles. The molecule has 0 bridgehead atoms. The normalized spacial score (nSPS) is 21.6. The van der Waals surface area contributed by atoms with Gasteiger partial charge in [-0.15, -0.1) is 0 Å². The van der Waals surface area contributed by atoms with Gasteiger partial charge in [0, 0.05) is 23.1 Å². The molecule has 2 atom stereocenters. The van der Waals surface area contributed by atoms with Crippen molar-refractivity contribution in [1.82, 2.24) is 0 Å². The van der Waals surface area contributed by atoms with Crippen LogP contribution in [0.3, 0.4) is 0 Å². The summed E-state index contributed by atoms with van der Waals surface area (Å²) in [5, 5.41) is 42.2. The number of carbonyl (C=O) groups excluding carboxylic acids is 2. The highest BCUT2D eigenvalue weighted by Crippen LogP contribution is 2.48. The Morgan fingerprint density at radius 2 is 1.68 bits per heavy atom. The molecule has 2 aromatic carbocycles. The van der Waals surface area contributed by atoms with Crippen LogP contribution in [0.5, 0.6) is 17.2 Å². The van der Waals surface area contributed by atoms with Crippen LogP contribution in [0.4, 0.5) is 0 Å². The summed E-state index contributed by atoms with van der Waals surface area (Å²) in [6, 6.07) is 4.57. The molecular formula is C21H20O7. The van der Waals surface area contributed by atoms with Gasteiger partial charge in [-0.05, 0) is 25.8 Å². The fourth-order valence-electron chi connectivity index (χ4n) is 4.20. The van der Waals surface area contributed by atoms with Crippen molar-refractivity contribution in [1.29, 1.82) is 0 Å². The number of aliphatic hydroxyl groups is 2. The molecule has 0 fully saturated rings. The van der Waals surface area contributed by atoms with Gasteiger partial charge in [0.15, 0.2) is 5.78 Å². The van der Waals surface area contributed by atoms with Gasteiger partial charge in [0.1, 0.15) is 17.2 Å². The number of carbonyl (C=O) groups is 2. The van der Waals surface area contributed by atoms with E-state index in [2.05, 4.69) is 0 Å². The summed E-state index contributed by atoms with van der Waals surface area (Å²) in [5.74, 6) is -1.81. The summed E-state index contributed by atoms with van der Waals surface area (Å²) in [4.78, 5) is 26.2. The minimum absolute atomic E-state index is 0.0495. The molecule has 2 aromatic rings. The van der Waals surface area contributed by atoms with Crippen LogP contribution < -0.4 is 4.74 Å². The summed E-state index contributed by atoms with van der Waals surface area (Å²) in [6.45, 7) is 1.44. The maximum Gasteiger partial charge on any atom is 0.202 e. The van der Waals surface area contributed by atoms with Crippen LogP contribution in [0.15, 0.2) is 18.2 Å². The zero-order valence-corrected chi connectivity index (χ0v) is 15.4. The molecule has 0 radical (unpaired) electrons. The Morgan fingerprint density at radius 3 is 2.32 bits per heavy atom. The lowest BCUT2D eigenvalue weighted by molar-refractivity contribution is -0.0748. The molecule has 0 saturated heterocycles. The molecule has 2 aliphatic rings. The van der Waals surface area contributed by atoms with Gasteiger partial charge in [0.2, 0.25) is 5.78 Å². The quantitative estimate of drug-likeness (QED) is 0.493. The second-order valence-corrected chi connectivity index (χ2v) is 7.40. The van der Waals surface area contributed by atoms with Crippen LogP contribution in [0.2, 0.25) is 0 Å². The summed E-state index contributed by atoms with van der Waals surface area (Å²) in [6.07, 6.45) is -0.922. The smallest absolute Gasteiger partial charge is 0.202 e. The monoisotopic (exact) mass is 384 g/mol. The van der Waals surface area contributed by atoms with E-state index in [1.54, 1.807) is 12.1 Å². The van der Waals surface area contributed by atoms with Gasteiger partial charge in [-0.3, -0.25) is 9.59 Å². The van der Waals surface area contributed by atoms with E-state index in [1.807, 2.05) is 0 Å². The van der Waals surface area contributed by atoms with Gasteiger partial charge in [-0.25, -0.2) is 0 Å². The molecule has 4 N–H and O–H groups in total. The maximum absolute atomic E-state index is 13.1. The van der Waals surface area contributed by atoms with E-state index in [0.29, 0.717) is 5.56 Å². The minimum Gasteiger partial charge on any atom is -0.507 e. The van der Waals surface area contributed by atoms with Gasteiger partial charge < -0.3 is 25.2 Å². The first-order chi connectivity index (χ1) is 13.2. The predicted octanol–water partition coefficient (Wildman–Crippen LogP) is 1.48. The Labute approximate surface area is 160 Å². The molecule has 0 amide bonds. The molecule has 7 heteroatoms. The number of fused-ring (bicyclic) bond motifs is 3. The Bertz CT molecular complexity index is 1040. The van der Waals surface area contributed by atoms with E-state index in [9.17, 15) is 30.0 Å². The number of phenolic OH excluding ortho intramolecular Hbond substituents is 2. The largest absolute Gasteiger partial charge is 0.507 e. The van der Waals surface area contributed by atoms with Gasteiger partial charge in [0.05, 0.1) is 35.5 Å². The van der Waals surface area contributed by atoms with E-state index in [4.69, 9.17) is 4.74 Å². The summed E-state index contributed by atoms with van der Waals surface area (Å²) < 4.78 is 5.20. The first-order valence-electron chi connectivity index (χ1n) is 8.97. The van der Waals surface area contributed by atoms with Gasteiger partial charge in [-0.1, -0.05) is 12.1 Å². The number of aliphatic hydroxyl groups excluding tert-OH is 1. The standard InChI is InChI=1S/C21H20O7/c1-9(22)21(27)7-6-10-12(8-21)19(25)15-16(17(10)23)20(26)14-11(18(15)24)4-3-5-13(14)28-2/h3-5,9,22-23,25,27H,6-8H2,1-2H3/t9-,21+/m1/s1. The molecule has 7 nitrogen and oxygen atoms in total. The highest BCUT2D eigenvalue weighted by atomic mass is 16.5. The highest BCUT2D eigenvalue weighted by molar-refractivity contribution is 6.31. The molecule has 4 rings (SSSR count). The van der Waals surface area contributed by atoms with Gasteiger partial charge in [-0.2, -0.15) is 0 Å². The van der Waals surface area contributed by atoms with Gasteiger partial charge in [0.25, 0.3) is 0 Å². The third-order valence-electron chi connectivity index (χ3n) is 5.90. The van der Waals surface area contributed by atoms with Crippen molar-refractivity contribution in [2.45, 2.75) is 37.9 Å². The number of aromatic hydroxyl groups is 2. The fraction of sp³-hybridized carbons (Fsp3) is 0.333. The second kappa shape index (κ2) is 6.05. The molecule has 0 aromatic heterocycles. The second-order valence-electron chi connectivity index (χ2n) is 7.40. The van der Waals surface area contributed by atoms with Crippen molar-refractivity contribution in [3.63, 3.8) is 0 Å². The van der Waals surface area contributed by atoms with Crippen LogP contribution in [-0.4, -0.2) is 50.8 Å². The van der Waals surface area contributed by atoms with Crippen molar-refractivity contribution in [3.8, 4) is 17.2 Å². The molecule has 0 unspecified atom stereocenters. The van der Waals surface area contributed by atoms with E-state index in [1.165, 1.54) is 20.1 Å². The average Bonchev–Trinajstić information content (AvgIpc) is 2.68. The number of rotatable bonds is 2. The van der Waals surface area contributed by atoms with Crippen molar-refractivity contribution in [2.24, 2.45) is 0 Å². The maximum atomic E-state index is 13.1. The topological polar surface area (TPSA) is 124 Å². The van der Waals surface area contributed by atoms with Crippen LogP contribution in [0, 0.1) is 0 Å². The lowest BCUT2D eigenvalue weighted by Gasteiger charge is -2.37. The number of hydrogen-bond acceptors (Lipinski definition) is 7. The Kier molecular flexibility index (Phi) is 3.99. The lowest BCUT2D eigenvalue weighted by atomic mass is 9.73. The van der Waals surface area contributed by atoms with Crippen LogP contribution in [0.1, 0.15) is 56.3 Å². The number of benzene rings is 2. The molecule has 2 aliphatic carbocycles. The Hall–Kier alpha value is -2.90. The highest BCUT2D eigenvalue weighted by Gasteiger charge is 2.44. The summed E-state index contributed by atoms with van der Waals surface area (Å²) in [7, 11) is 1.38. The van der Waals surface area contributed by atoms with Crippen LogP contribution in [0.25, 0.3) is 0 Å². The van der Waals surface area contributed by atoms with Crippen LogP contribution in [-0.2, 0) is 12.8 Å². The SMILES string of the molecule is COc1cccc2c1C(=O)c1c(O)c3c(c(O)c1C2=O)C[C@](O)([C@@H](C)O)CC3. The third-order valence-corrected chi connectivity index (χ3v) is 5.90. The number of ether oxygens (including phenoxy) is 1. The van der Waals surface area contributed by atoms with Crippen molar-refractivity contribution in [2.75, 3.05) is 7.11 Å².